The zero-order chi connectivity index (χ0) is 16.4. The van der Waals surface area contributed by atoms with Gasteiger partial charge in [-0.25, -0.2) is 13.1 Å². The van der Waals surface area contributed by atoms with Gasteiger partial charge in [0.25, 0.3) is 0 Å². The molecule has 0 spiro atoms. The summed E-state index contributed by atoms with van der Waals surface area (Å²) in [6.07, 6.45) is 3.48. The summed E-state index contributed by atoms with van der Waals surface area (Å²) in [4.78, 5) is 4.30. The molecule has 1 saturated carbocycles. The summed E-state index contributed by atoms with van der Waals surface area (Å²) < 4.78 is 31.5. The third kappa shape index (κ3) is 7.95. The first-order valence-electron chi connectivity index (χ1n) is 7.98. The van der Waals surface area contributed by atoms with Crippen LogP contribution in [0.3, 0.4) is 0 Å². The molecule has 22 heavy (non-hydrogen) atoms. The van der Waals surface area contributed by atoms with Gasteiger partial charge in [-0.15, -0.1) is 0 Å². The summed E-state index contributed by atoms with van der Waals surface area (Å²) in [5.74, 6) is 1.14. The first-order valence-corrected chi connectivity index (χ1v) is 9.63. The van der Waals surface area contributed by atoms with Gasteiger partial charge in [-0.1, -0.05) is 6.42 Å². The van der Waals surface area contributed by atoms with E-state index in [4.69, 9.17) is 4.74 Å². The predicted octanol–water partition coefficient (Wildman–Crippen LogP) is 0.296. The van der Waals surface area contributed by atoms with Gasteiger partial charge in [-0.2, -0.15) is 0 Å². The summed E-state index contributed by atoms with van der Waals surface area (Å²) in [7, 11) is -1.60. The minimum Gasteiger partial charge on any atom is -0.383 e. The Morgan fingerprint density at radius 1 is 1.41 bits per heavy atom. The van der Waals surface area contributed by atoms with Gasteiger partial charge in [-0.05, 0) is 32.6 Å². The van der Waals surface area contributed by atoms with Gasteiger partial charge >= 0.3 is 0 Å². The number of rotatable bonds is 10. The van der Waals surface area contributed by atoms with Gasteiger partial charge in [0, 0.05) is 26.2 Å². The quantitative estimate of drug-likeness (QED) is 0.395. The number of hydrogen-bond donors (Lipinski definition) is 3. The highest BCUT2D eigenvalue weighted by atomic mass is 32.2. The zero-order valence-corrected chi connectivity index (χ0v) is 14.7. The van der Waals surface area contributed by atoms with Crippen LogP contribution in [0.2, 0.25) is 0 Å². The molecule has 130 valence electrons. The molecule has 0 bridgehead atoms. The lowest BCUT2D eigenvalue weighted by Gasteiger charge is -2.25. The minimum atomic E-state index is -3.24. The summed E-state index contributed by atoms with van der Waals surface area (Å²) in [6.45, 7) is 6.02. The van der Waals surface area contributed by atoms with Crippen molar-refractivity contribution in [2.75, 3.05) is 39.1 Å². The molecule has 0 saturated heterocycles. The maximum atomic E-state index is 11.9. The number of hydrogen-bond acceptors (Lipinski definition) is 4. The van der Waals surface area contributed by atoms with Crippen LogP contribution in [-0.4, -0.2) is 59.5 Å². The Labute approximate surface area is 134 Å². The van der Waals surface area contributed by atoms with E-state index >= 15 is 0 Å². The maximum Gasteiger partial charge on any atom is 0.213 e. The van der Waals surface area contributed by atoms with Crippen molar-refractivity contribution in [2.24, 2.45) is 10.9 Å². The first-order chi connectivity index (χ1) is 10.5. The number of sulfonamides is 1. The van der Waals surface area contributed by atoms with E-state index in [9.17, 15) is 8.42 Å². The highest BCUT2D eigenvalue weighted by Gasteiger charge is 2.19. The standard InChI is InChI=1S/C14H30N4O3S/c1-4-15-14(18-12(2)11-21-3)16-8-9-22(19,20)17-10-13-6-5-7-13/h12-13,17H,4-11H2,1-3H3,(H2,15,16,18). The van der Waals surface area contributed by atoms with Gasteiger partial charge in [0.15, 0.2) is 5.96 Å². The van der Waals surface area contributed by atoms with Crippen LogP contribution < -0.4 is 15.4 Å². The molecular weight excluding hydrogens is 304 g/mol. The zero-order valence-electron chi connectivity index (χ0n) is 13.9. The fraction of sp³-hybridized carbons (Fsp3) is 0.929. The number of nitrogens with one attached hydrogen (secondary N) is 3. The average Bonchev–Trinajstić information content (AvgIpc) is 2.36. The Balaban J connectivity index is 2.36. The number of ether oxygens (including phenoxy) is 1. The van der Waals surface area contributed by atoms with Crippen molar-refractivity contribution < 1.29 is 13.2 Å². The van der Waals surface area contributed by atoms with Crippen molar-refractivity contribution in [3.8, 4) is 0 Å². The smallest absolute Gasteiger partial charge is 0.213 e. The molecule has 0 aromatic heterocycles. The summed E-state index contributed by atoms with van der Waals surface area (Å²) >= 11 is 0. The molecule has 1 fully saturated rings. The van der Waals surface area contributed by atoms with E-state index in [0.717, 1.165) is 19.4 Å². The molecule has 1 unspecified atom stereocenters. The monoisotopic (exact) mass is 334 g/mol. The molecule has 3 N–H and O–H groups in total. The van der Waals surface area contributed by atoms with E-state index in [1.54, 1.807) is 7.11 Å². The van der Waals surface area contributed by atoms with Gasteiger partial charge in [-0.3, -0.25) is 4.99 Å². The topological polar surface area (TPSA) is 91.8 Å². The van der Waals surface area contributed by atoms with Gasteiger partial charge in [0.05, 0.1) is 18.9 Å². The Hall–Kier alpha value is -0.860. The van der Waals surface area contributed by atoms with E-state index < -0.39 is 10.0 Å². The van der Waals surface area contributed by atoms with Crippen molar-refractivity contribution in [2.45, 2.75) is 39.2 Å². The maximum absolute atomic E-state index is 11.9. The Morgan fingerprint density at radius 2 is 2.14 bits per heavy atom. The third-order valence-corrected chi connectivity index (χ3v) is 4.92. The molecule has 1 aliphatic carbocycles. The van der Waals surface area contributed by atoms with Crippen LogP contribution in [-0.2, 0) is 14.8 Å². The Bertz CT molecular complexity index is 435. The predicted molar refractivity (Wildman–Crippen MR) is 89.6 cm³/mol. The molecule has 1 atom stereocenters. The lowest BCUT2D eigenvalue weighted by Crippen LogP contribution is -2.44. The summed E-state index contributed by atoms with van der Waals surface area (Å²) in [6, 6.07) is 0.108. The normalized spacial score (nSPS) is 17.9. The molecule has 0 radical (unpaired) electrons. The fourth-order valence-corrected chi connectivity index (χ4v) is 3.10. The minimum absolute atomic E-state index is 0.00888. The lowest BCUT2D eigenvalue weighted by molar-refractivity contribution is 0.179. The number of methoxy groups -OCH3 is 1. The van der Waals surface area contributed by atoms with Crippen LogP contribution in [0.15, 0.2) is 4.99 Å². The van der Waals surface area contributed by atoms with Crippen LogP contribution in [0.1, 0.15) is 33.1 Å². The molecular formula is C14H30N4O3S. The number of guanidine groups is 1. The number of nitrogens with zero attached hydrogens (tertiary/aromatic N) is 1. The van der Waals surface area contributed by atoms with Gasteiger partial charge in [0.1, 0.15) is 0 Å². The van der Waals surface area contributed by atoms with E-state index in [1.165, 1.54) is 6.42 Å². The fourth-order valence-electron chi connectivity index (χ4n) is 2.14. The number of aliphatic imine (C=N–C) groups is 1. The summed E-state index contributed by atoms with van der Waals surface area (Å²) in [5, 5.41) is 6.27. The molecule has 1 aliphatic rings. The third-order valence-electron chi connectivity index (χ3n) is 3.59. The van der Waals surface area contributed by atoms with E-state index in [-0.39, 0.29) is 18.3 Å². The lowest BCUT2D eigenvalue weighted by atomic mass is 9.86. The second-order valence-corrected chi connectivity index (χ2v) is 7.65. The Kier molecular flexibility index (Phi) is 8.74. The van der Waals surface area contributed by atoms with Crippen molar-refractivity contribution in [3.05, 3.63) is 0 Å². The molecule has 0 aliphatic heterocycles. The highest BCUT2D eigenvalue weighted by Crippen LogP contribution is 2.25. The Morgan fingerprint density at radius 3 is 2.68 bits per heavy atom. The van der Waals surface area contributed by atoms with Crippen LogP contribution in [0, 0.1) is 5.92 Å². The van der Waals surface area contributed by atoms with Crippen molar-refractivity contribution in [3.63, 3.8) is 0 Å². The van der Waals surface area contributed by atoms with Crippen molar-refractivity contribution in [1.82, 2.24) is 15.4 Å². The van der Waals surface area contributed by atoms with Crippen LogP contribution in [0.5, 0.6) is 0 Å². The second kappa shape index (κ2) is 10.0. The molecule has 0 aromatic carbocycles. The molecule has 0 aromatic rings. The van der Waals surface area contributed by atoms with E-state index in [1.807, 2.05) is 13.8 Å². The molecule has 8 heteroatoms. The molecule has 0 amide bonds. The molecule has 0 heterocycles. The summed E-state index contributed by atoms with van der Waals surface area (Å²) in [5.41, 5.74) is 0. The largest absolute Gasteiger partial charge is 0.383 e. The molecule has 7 nitrogen and oxygen atoms in total. The average molecular weight is 334 g/mol. The highest BCUT2D eigenvalue weighted by molar-refractivity contribution is 7.89. The van der Waals surface area contributed by atoms with Crippen LogP contribution in [0.25, 0.3) is 0 Å². The van der Waals surface area contributed by atoms with Crippen molar-refractivity contribution >= 4 is 16.0 Å². The SMILES string of the molecule is CCNC(=NCCS(=O)(=O)NCC1CCC1)NC(C)COC. The van der Waals surface area contributed by atoms with Gasteiger partial charge < -0.3 is 15.4 Å². The van der Waals surface area contributed by atoms with Crippen LogP contribution >= 0.6 is 0 Å². The van der Waals surface area contributed by atoms with Crippen molar-refractivity contribution in [1.29, 1.82) is 0 Å². The van der Waals surface area contributed by atoms with Crippen LogP contribution in [0.4, 0.5) is 0 Å². The first kappa shape index (κ1) is 19.2. The van der Waals surface area contributed by atoms with Gasteiger partial charge in [0.2, 0.25) is 10.0 Å². The van der Waals surface area contributed by atoms with E-state index in [2.05, 4.69) is 20.3 Å². The van der Waals surface area contributed by atoms with E-state index in [0.29, 0.717) is 25.0 Å². The second-order valence-electron chi connectivity index (χ2n) is 5.73. The molecule has 1 rings (SSSR count).